The molecule has 2 aromatic carbocycles. The summed E-state index contributed by atoms with van der Waals surface area (Å²) in [5, 5.41) is 7.30. The van der Waals surface area contributed by atoms with Crippen LogP contribution in [0.3, 0.4) is 0 Å². The zero-order valence-electron chi connectivity index (χ0n) is 12.1. The standard InChI is InChI=1S/C16H18N4O/c1-11-8-9-14(18-2)13(10-11)15(19-20-16(17)21)12-6-4-3-5-7-12/h3-10,18H,1-2H3,(H3,17,20,21)/b19-15-. The van der Waals surface area contributed by atoms with Crippen LogP contribution in [0.15, 0.2) is 53.6 Å². The number of carbonyl (C=O) groups is 1. The summed E-state index contributed by atoms with van der Waals surface area (Å²) in [6.07, 6.45) is 0. The molecule has 0 saturated carbocycles. The molecule has 2 rings (SSSR count). The number of aryl methyl sites for hydroxylation is 1. The molecular weight excluding hydrogens is 264 g/mol. The molecule has 4 N–H and O–H groups in total. The predicted molar refractivity (Wildman–Crippen MR) is 85.5 cm³/mol. The van der Waals surface area contributed by atoms with E-state index in [1.807, 2.05) is 62.5 Å². The molecule has 0 aromatic heterocycles. The lowest BCUT2D eigenvalue weighted by Crippen LogP contribution is -2.26. The summed E-state index contributed by atoms with van der Waals surface area (Å²) in [6, 6.07) is 15.0. The van der Waals surface area contributed by atoms with Gasteiger partial charge in [0.05, 0.1) is 5.71 Å². The van der Waals surface area contributed by atoms with Crippen molar-refractivity contribution in [1.82, 2.24) is 5.43 Å². The van der Waals surface area contributed by atoms with Gasteiger partial charge in [0, 0.05) is 23.9 Å². The highest BCUT2D eigenvalue weighted by Gasteiger charge is 2.12. The Hall–Kier alpha value is -2.82. The molecule has 0 unspecified atom stereocenters. The fourth-order valence-electron chi connectivity index (χ4n) is 2.06. The van der Waals surface area contributed by atoms with Crippen molar-refractivity contribution in [2.75, 3.05) is 12.4 Å². The number of hydrogen-bond acceptors (Lipinski definition) is 3. The number of nitrogens with two attached hydrogens (primary N) is 1. The second-order valence-corrected chi connectivity index (χ2v) is 4.60. The first-order chi connectivity index (χ1) is 10.1. The van der Waals surface area contributed by atoms with Crippen LogP contribution in [-0.4, -0.2) is 18.8 Å². The Morgan fingerprint density at radius 2 is 1.86 bits per heavy atom. The third-order valence-electron chi connectivity index (χ3n) is 3.02. The van der Waals surface area contributed by atoms with E-state index >= 15 is 0 Å². The molecule has 0 bridgehead atoms. The van der Waals surface area contributed by atoms with Gasteiger partial charge < -0.3 is 11.1 Å². The molecule has 0 aliphatic rings. The highest BCUT2D eigenvalue weighted by atomic mass is 16.2. The van der Waals surface area contributed by atoms with Crippen molar-refractivity contribution >= 4 is 17.4 Å². The number of hydrazone groups is 1. The number of nitrogens with zero attached hydrogens (tertiary/aromatic N) is 1. The van der Waals surface area contributed by atoms with Crippen molar-refractivity contribution in [1.29, 1.82) is 0 Å². The molecule has 0 spiro atoms. The normalized spacial score (nSPS) is 11.0. The predicted octanol–water partition coefficient (Wildman–Crippen LogP) is 2.46. The van der Waals surface area contributed by atoms with E-state index in [-0.39, 0.29) is 0 Å². The Morgan fingerprint density at radius 1 is 1.14 bits per heavy atom. The number of primary amides is 1. The average molecular weight is 282 g/mol. The highest BCUT2D eigenvalue weighted by molar-refractivity contribution is 6.16. The minimum Gasteiger partial charge on any atom is -0.388 e. The summed E-state index contributed by atoms with van der Waals surface area (Å²) in [4.78, 5) is 11.0. The van der Waals surface area contributed by atoms with Crippen molar-refractivity contribution in [3.8, 4) is 0 Å². The largest absolute Gasteiger partial charge is 0.388 e. The smallest absolute Gasteiger partial charge is 0.332 e. The number of benzene rings is 2. The Balaban J connectivity index is 2.57. The Bertz CT molecular complexity index is 665. The summed E-state index contributed by atoms with van der Waals surface area (Å²) in [5.41, 5.74) is 11.9. The summed E-state index contributed by atoms with van der Waals surface area (Å²) in [5.74, 6) is 0. The lowest BCUT2D eigenvalue weighted by Gasteiger charge is -2.13. The minimum atomic E-state index is -0.693. The molecule has 0 heterocycles. The summed E-state index contributed by atoms with van der Waals surface area (Å²) in [7, 11) is 1.85. The number of urea groups is 1. The highest BCUT2D eigenvalue weighted by Crippen LogP contribution is 2.21. The first-order valence-corrected chi connectivity index (χ1v) is 6.59. The summed E-state index contributed by atoms with van der Waals surface area (Å²) >= 11 is 0. The molecule has 21 heavy (non-hydrogen) atoms. The number of hydrogen-bond donors (Lipinski definition) is 3. The van der Waals surface area contributed by atoms with Crippen LogP contribution < -0.4 is 16.5 Å². The van der Waals surface area contributed by atoms with Crippen LogP contribution in [-0.2, 0) is 0 Å². The van der Waals surface area contributed by atoms with Gasteiger partial charge in [0.1, 0.15) is 0 Å². The molecule has 0 aliphatic heterocycles. The van der Waals surface area contributed by atoms with Crippen LogP contribution in [0.25, 0.3) is 0 Å². The topological polar surface area (TPSA) is 79.5 Å². The van der Waals surface area contributed by atoms with E-state index in [1.54, 1.807) is 0 Å². The number of nitrogens with one attached hydrogen (secondary N) is 2. The minimum absolute atomic E-state index is 0.655. The zero-order valence-corrected chi connectivity index (χ0v) is 12.1. The van der Waals surface area contributed by atoms with Gasteiger partial charge >= 0.3 is 6.03 Å². The first kappa shape index (κ1) is 14.6. The number of rotatable bonds is 4. The first-order valence-electron chi connectivity index (χ1n) is 6.59. The molecule has 0 aliphatic carbocycles. The van der Waals surface area contributed by atoms with Gasteiger partial charge in [-0.3, -0.25) is 0 Å². The van der Waals surface area contributed by atoms with Crippen LogP contribution in [0.5, 0.6) is 0 Å². The molecular formula is C16H18N4O. The maximum atomic E-state index is 11.0. The molecule has 5 heteroatoms. The van der Waals surface area contributed by atoms with E-state index in [0.29, 0.717) is 5.71 Å². The SMILES string of the molecule is CNc1ccc(C)cc1/C(=N\NC(N)=O)c1ccccc1. The maximum absolute atomic E-state index is 11.0. The third-order valence-corrected chi connectivity index (χ3v) is 3.02. The van der Waals surface area contributed by atoms with Crippen LogP contribution in [0.2, 0.25) is 0 Å². The molecule has 0 radical (unpaired) electrons. The van der Waals surface area contributed by atoms with E-state index in [1.165, 1.54) is 0 Å². The molecule has 0 fully saturated rings. The van der Waals surface area contributed by atoms with Crippen molar-refractivity contribution in [3.63, 3.8) is 0 Å². The Labute approximate surface area is 123 Å². The monoisotopic (exact) mass is 282 g/mol. The van der Waals surface area contributed by atoms with E-state index < -0.39 is 6.03 Å². The van der Waals surface area contributed by atoms with Crippen LogP contribution >= 0.6 is 0 Å². The lowest BCUT2D eigenvalue weighted by molar-refractivity contribution is 0.249. The average Bonchev–Trinajstić information content (AvgIpc) is 2.48. The lowest BCUT2D eigenvalue weighted by atomic mass is 9.99. The number of carbonyl (C=O) groups excluding carboxylic acids is 1. The van der Waals surface area contributed by atoms with Crippen molar-refractivity contribution in [2.24, 2.45) is 10.8 Å². The van der Waals surface area contributed by atoms with Gasteiger partial charge in [-0.2, -0.15) is 5.10 Å². The van der Waals surface area contributed by atoms with Crippen molar-refractivity contribution in [3.05, 3.63) is 65.2 Å². The Morgan fingerprint density at radius 3 is 2.48 bits per heavy atom. The quantitative estimate of drug-likeness (QED) is 0.595. The molecule has 5 nitrogen and oxygen atoms in total. The van der Waals surface area contributed by atoms with Gasteiger partial charge in [-0.1, -0.05) is 42.0 Å². The van der Waals surface area contributed by atoms with E-state index in [4.69, 9.17) is 5.73 Å². The summed E-state index contributed by atoms with van der Waals surface area (Å²) in [6.45, 7) is 2.01. The van der Waals surface area contributed by atoms with E-state index in [9.17, 15) is 4.79 Å². The third kappa shape index (κ3) is 3.60. The molecule has 108 valence electrons. The van der Waals surface area contributed by atoms with E-state index in [0.717, 1.165) is 22.4 Å². The molecule has 2 amide bonds. The Kier molecular flexibility index (Phi) is 4.56. The van der Waals surface area contributed by atoms with Gasteiger partial charge in [-0.05, 0) is 19.1 Å². The van der Waals surface area contributed by atoms with Gasteiger partial charge in [0.2, 0.25) is 0 Å². The summed E-state index contributed by atoms with van der Waals surface area (Å²) < 4.78 is 0. The molecule has 2 aromatic rings. The fourth-order valence-corrected chi connectivity index (χ4v) is 2.06. The van der Waals surface area contributed by atoms with Gasteiger partial charge in [0.25, 0.3) is 0 Å². The number of amides is 2. The molecule has 0 saturated heterocycles. The van der Waals surface area contributed by atoms with Gasteiger partial charge in [-0.25, -0.2) is 10.2 Å². The second kappa shape index (κ2) is 6.56. The zero-order chi connectivity index (χ0) is 15.2. The van der Waals surface area contributed by atoms with Crippen molar-refractivity contribution < 1.29 is 4.79 Å². The van der Waals surface area contributed by atoms with E-state index in [2.05, 4.69) is 15.8 Å². The maximum Gasteiger partial charge on any atom is 0.332 e. The molecule has 0 atom stereocenters. The van der Waals surface area contributed by atoms with Crippen LogP contribution in [0.4, 0.5) is 10.5 Å². The second-order valence-electron chi connectivity index (χ2n) is 4.60. The number of anilines is 1. The van der Waals surface area contributed by atoms with Crippen LogP contribution in [0, 0.1) is 6.92 Å². The fraction of sp³-hybridized carbons (Fsp3) is 0.125. The van der Waals surface area contributed by atoms with Gasteiger partial charge in [0.15, 0.2) is 0 Å². The van der Waals surface area contributed by atoms with Crippen molar-refractivity contribution in [2.45, 2.75) is 6.92 Å². The van der Waals surface area contributed by atoms with Crippen LogP contribution in [0.1, 0.15) is 16.7 Å². The van der Waals surface area contributed by atoms with Gasteiger partial charge in [-0.15, -0.1) is 0 Å².